The Hall–Kier alpha value is -2.93. The molecular weight excluding hydrogens is 495 g/mol. The molecule has 1 aromatic heterocycles. The van der Waals surface area contributed by atoms with Crippen LogP contribution in [0.5, 0.6) is 0 Å². The Labute approximate surface area is 212 Å². The Kier molecular flexibility index (Phi) is 7.98. The SMILES string of the molecule is CSNc1ccn(C(=O)N2CCN(Cc3ccc(C(F)(F)F)cc3N3CCN(C(C)=O)CC3)CC2)n1. The summed E-state index contributed by atoms with van der Waals surface area (Å²) in [6.07, 6.45) is -0.944. The molecule has 36 heavy (non-hydrogen) atoms. The number of hydrogen-bond donors (Lipinski definition) is 1. The molecule has 0 aliphatic carbocycles. The summed E-state index contributed by atoms with van der Waals surface area (Å²) in [5.41, 5.74) is 0.677. The number of piperazine rings is 2. The maximum absolute atomic E-state index is 13.5. The van der Waals surface area contributed by atoms with Crippen LogP contribution in [-0.4, -0.2) is 95.0 Å². The summed E-state index contributed by atoms with van der Waals surface area (Å²) in [4.78, 5) is 32.0. The lowest BCUT2D eigenvalue weighted by molar-refractivity contribution is -0.137. The number of benzene rings is 1. The van der Waals surface area contributed by atoms with Gasteiger partial charge in [0.2, 0.25) is 5.91 Å². The number of halogens is 3. The van der Waals surface area contributed by atoms with Crippen LogP contribution in [0.2, 0.25) is 0 Å². The number of nitrogens with one attached hydrogen (secondary N) is 1. The molecule has 3 heterocycles. The van der Waals surface area contributed by atoms with E-state index < -0.39 is 11.7 Å². The second kappa shape index (κ2) is 11.0. The molecule has 2 saturated heterocycles. The minimum atomic E-state index is -4.43. The van der Waals surface area contributed by atoms with Gasteiger partial charge in [0.15, 0.2) is 5.82 Å². The summed E-state index contributed by atoms with van der Waals surface area (Å²) in [6.45, 7) is 6.09. The molecule has 2 amide bonds. The molecule has 2 fully saturated rings. The van der Waals surface area contributed by atoms with Crippen molar-refractivity contribution in [3.05, 3.63) is 41.6 Å². The van der Waals surface area contributed by atoms with Crippen molar-refractivity contribution >= 4 is 35.4 Å². The quantitative estimate of drug-likeness (QED) is 0.602. The summed E-state index contributed by atoms with van der Waals surface area (Å²) in [6, 6.07) is 5.42. The Morgan fingerprint density at radius 1 is 1.00 bits per heavy atom. The van der Waals surface area contributed by atoms with E-state index in [1.165, 1.54) is 29.6 Å². The molecule has 4 rings (SSSR count). The average Bonchev–Trinajstić information content (AvgIpc) is 3.32. The third-order valence-corrected chi connectivity index (χ3v) is 6.92. The number of nitrogens with zero attached hydrogens (tertiary/aromatic N) is 6. The minimum absolute atomic E-state index is 0.0295. The average molecular weight is 526 g/mol. The van der Waals surface area contributed by atoms with Crippen LogP contribution in [0, 0.1) is 0 Å². The van der Waals surface area contributed by atoms with E-state index in [1.807, 2.05) is 11.2 Å². The van der Waals surface area contributed by atoms with Gasteiger partial charge in [-0.25, -0.2) is 4.79 Å². The lowest BCUT2D eigenvalue weighted by Crippen LogP contribution is -2.50. The van der Waals surface area contributed by atoms with Crippen molar-refractivity contribution in [1.29, 1.82) is 0 Å². The van der Waals surface area contributed by atoms with Gasteiger partial charge < -0.3 is 19.4 Å². The first-order chi connectivity index (χ1) is 17.2. The molecule has 13 heteroatoms. The van der Waals surface area contributed by atoms with Gasteiger partial charge in [0.25, 0.3) is 0 Å². The van der Waals surface area contributed by atoms with Crippen LogP contribution in [0.25, 0.3) is 0 Å². The van der Waals surface area contributed by atoms with E-state index >= 15 is 0 Å². The number of hydrogen-bond acceptors (Lipinski definition) is 7. The molecule has 0 unspecified atom stereocenters. The van der Waals surface area contributed by atoms with Gasteiger partial charge in [-0.3, -0.25) is 9.69 Å². The molecule has 1 N–H and O–H groups in total. The summed E-state index contributed by atoms with van der Waals surface area (Å²) in [7, 11) is 0. The Morgan fingerprint density at radius 3 is 2.28 bits per heavy atom. The highest BCUT2D eigenvalue weighted by atomic mass is 32.2. The molecule has 2 aliphatic rings. The Bertz CT molecular complexity index is 1080. The normalized spacial score (nSPS) is 17.4. The monoisotopic (exact) mass is 525 g/mol. The van der Waals surface area contributed by atoms with Gasteiger partial charge in [0.05, 0.1) is 5.56 Å². The first kappa shape index (κ1) is 26.1. The van der Waals surface area contributed by atoms with Crippen molar-refractivity contribution in [3.63, 3.8) is 0 Å². The van der Waals surface area contributed by atoms with Gasteiger partial charge in [0.1, 0.15) is 0 Å². The minimum Gasteiger partial charge on any atom is -0.368 e. The molecule has 0 saturated carbocycles. The zero-order valence-electron chi connectivity index (χ0n) is 20.3. The third kappa shape index (κ3) is 6.06. The number of anilines is 2. The molecule has 0 bridgehead atoms. The number of rotatable bonds is 5. The highest BCUT2D eigenvalue weighted by molar-refractivity contribution is 7.99. The van der Waals surface area contributed by atoms with E-state index in [9.17, 15) is 22.8 Å². The zero-order chi connectivity index (χ0) is 25.9. The molecule has 0 atom stereocenters. The first-order valence-corrected chi connectivity index (χ1v) is 12.9. The smallest absolute Gasteiger partial charge is 0.368 e. The van der Waals surface area contributed by atoms with Crippen LogP contribution in [0.4, 0.5) is 29.5 Å². The van der Waals surface area contributed by atoms with Crippen molar-refractivity contribution in [2.75, 3.05) is 68.2 Å². The van der Waals surface area contributed by atoms with E-state index in [1.54, 1.807) is 28.1 Å². The lowest BCUT2D eigenvalue weighted by Gasteiger charge is -2.38. The van der Waals surface area contributed by atoms with Gasteiger partial charge in [-0.05, 0) is 17.7 Å². The molecule has 0 radical (unpaired) electrons. The topological polar surface area (TPSA) is 77.0 Å². The highest BCUT2D eigenvalue weighted by Gasteiger charge is 2.33. The lowest BCUT2D eigenvalue weighted by atomic mass is 10.1. The predicted octanol–water partition coefficient (Wildman–Crippen LogP) is 3.05. The molecule has 2 aromatic rings. The Morgan fingerprint density at radius 2 is 1.67 bits per heavy atom. The first-order valence-electron chi connectivity index (χ1n) is 11.7. The second-order valence-electron chi connectivity index (χ2n) is 8.83. The molecule has 9 nitrogen and oxygen atoms in total. The maximum Gasteiger partial charge on any atom is 0.416 e. The van der Waals surface area contributed by atoms with Crippen LogP contribution in [-0.2, 0) is 17.5 Å². The summed E-state index contributed by atoms with van der Waals surface area (Å²) in [5.74, 6) is 0.576. The maximum atomic E-state index is 13.5. The molecule has 196 valence electrons. The standard InChI is InChI=1S/C23H30F3N7O2S/c1-17(34)30-11-13-31(14-12-30)20-15-19(23(24,25)26)4-3-18(20)16-29-7-9-32(10-8-29)22(35)33-6-5-21(27-33)28-36-2/h3-6,15H,7-14,16H2,1-2H3,(H,27,28). The number of carbonyl (C=O) groups is 2. The summed E-state index contributed by atoms with van der Waals surface area (Å²) >= 11 is 1.39. The fraction of sp³-hybridized carbons (Fsp3) is 0.522. The van der Waals surface area contributed by atoms with Gasteiger partial charge >= 0.3 is 12.2 Å². The van der Waals surface area contributed by atoms with Gasteiger partial charge in [-0.2, -0.15) is 17.9 Å². The summed E-state index contributed by atoms with van der Waals surface area (Å²) in [5, 5.41) is 4.23. The molecule has 2 aliphatic heterocycles. The zero-order valence-corrected chi connectivity index (χ0v) is 21.1. The summed E-state index contributed by atoms with van der Waals surface area (Å²) < 4.78 is 44.7. The predicted molar refractivity (Wildman–Crippen MR) is 133 cm³/mol. The molecular formula is C23H30F3N7O2S. The van der Waals surface area contributed by atoms with Gasteiger partial charge in [0, 0.05) is 90.0 Å². The fourth-order valence-electron chi connectivity index (χ4n) is 4.50. The van der Waals surface area contributed by atoms with Crippen molar-refractivity contribution < 1.29 is 22.8 Å². The van der Waals surface area contributed by atoms with Crippen LogP contribution in [0.3, 0.4) is 0 Å². The van der Waals surface area contributed by atoms with Gasteiger partial charge in [-0.1, -0.05) is 18.0 Å². The number of amides is 2. The van der Waals surface area contributed by atoms with E-state index in [2.05, 4.69) is 14.7 Å². The molecule has 1 aromatic carbocycles. The van der Waals surface area contributed by atoms with Crippen LogP contribution in [0.15, 0.2) is 30.5 Å². The van der Waals surface area contributed by atoms with Gasteiger partial charge in [-0.15, -0.1) is 5.10 Å². The fourth-order valence-corrected chi connectivity index (χ4v) is 4.82. The third-order valence-electron chi connectivity index (χ3n) is 6.51. The van der Waals surface area contributed by atoms with E-state index in [4.69, 9.17) is 0 Å². The number of aromatic nitrogens is 2. The van der Waals surface area contributed by atoms with Crippen LogP contribution in [0.1, 0.15) is 18.1 Å². The molecule has 0 spiro atoms. The number of carbonyl (C=O) groups excluding carboxylic acids is 2. The largest absolute Gasteiger partial charge is 0.416 e. The van der Waals surface area contributed by atoms with Crippen molar-refractivity contribution in [2.24, 2.45) is 0 Å². The highest BCUT2D eigenvalue weighted by Crippen LogP contribution is 2.34. The van der Waals surface area contributed by atoms with E-state index in [-0.39, 0.29) is 11.9 Å². The Balaban J connectivity index is 1.42. The van der Waals surface area contributed by atoms with E-state index in [0.29, 0.717) is 70.4 Å². The number of alkyl halides is 3. The second-order valence-corrected chi connectivity index (χ2v) is 9.44. The van der Waals surface area contributed by atoms with Crippen molar-refractivity contribution in [3.8, 4) is 0 Å². The van der Waals surface area contributed by atoms with E-state index in [0.717, 1.165) is 11.6 Å². The van der Waals surface area contributed by atoms with Crippen molar-refractivity contribution in [1.82, 2.24) is 24.5 Å². The van der Waals surface area contributed by atoms with Crippen LogP contribution >= 0.6 is 11.9 Å². The van der Waals surface area contributed by atoms with Crippen LogP contribution < -0.4 is 9.62 Å². The van der Waals surface area contributed by atoms with Crippen molar-refractivity contribution in [2.45, 2.75) is 19.6 Å².